The van der Waals surface area contributed by atoms with Crippen LogP contribution in [0.3, 0.4) is 0 Å². The van der Waals surface area contributed by atoms with Crippen LogP contribution in [-0.2, 0) is 20.2 Å². The summed E-state index contributed by atoms with van der Waals surface area (Å²) in [5.74, 6) is 1.30. The number of nitrogens with one attached hydrogen (secondary N) is 1. The lowest BCUT2D eigenvalue weighted by molar-refractivity contribution is 0.302. The summed E-state index contributed by atoms with van der Waals surface area (Å²) in [6.45, 7) is 1.02. The Balaban J connectivity index is 0.00000256. The Bertz CT molecular complexity index is 1050. The maximum absolute atomic E-state index is 14.4. The summed E-state index contributed by atoms with van der Waals surface area (Å²) in [5.41, 5.74) is 4.36. The van der Waals surface area contributed by atoms with Crippen LogP contribution in [0.2, 0.25) is 0 Å². The molecule has 30 heavy (non-hydrogen) atoms. The van der Waals surface area contributed by atoms with Gasteiger partial charge in [0.1, 0.15) is 24.0 Å². The molecule has 0 bridgehead atoms. The molecule has 0 radical (unpaired) electrons. The molecule has 1 atom stereocenters. The van der Waals surface area contributed by atoms with Crippen LogP contribution in [0, 0.1) is 5.82 Å². The third-order valence-corrected chi connectivity index (χ3v) is 5.27. The number of imidazole rings is 1. The molecule has 0 aliphatic rings. The first-order chi connectivity index (χ1) is 14.2. The van der Waals surface area contributed by atoms with E-state index < -0.39 is 0 Å². The number of benzene rings is 2. The molecule has 0 saturated heterocycles. The van der Waals surface area contributed by atoms with E-state index in [0.29, 0.717) is 18.7 Å². The number of thiazole rings is 1. The smallest absolute Gasteiger partial charge is 0.131 e. The van der Waals surface area contributed by atoms with E-state index in [1.165, 1.54) is 6.07 Å². The molecule has 4 aromatic rings. The zero-order valence-corrected chi connectivity index (χ0v) is 18.0. The number of ether oxygens (including phenoxy) is 1. The normalized spacial score (nSPS) is 11.7. The second-order valence-electron chi connectivity index (χ2n) is 6.64. The second-order valence-corrected chi connectivity index (χ2v) is 7.36. The number of rotatable bonds is 8. The summed E-state index contributed by atoms with van der Waals surface area (Å²) in [4.78, 5) is 8.63. The van der Waals surface area contributed by atoms with Gasteiger partial charge in [-0.2, -0.15) is 0 Å². The molecular weight excluding hydrogens is 423 g/mol. The molecule has 0 aliphatic carbocycles. The summed E-state index contributed by atoms with van der Waals surface area (Å²) >= 11 is 1.55. The third-order valence-electron chi connectivity index (χ3n) is 4.64. The standard InChI is InChI=1S/C22H21FN4OS.ClH/c1-27-11-10-24-22(27)21(19-4-2-3-5-20(19)23)25-12-16-6-8-18(9-7-16)28-13-17-14-29-15-26-17;/h2-11,14-15,21,25H,12-13H2,1H3;1H. The monoisotopic (exact) mass is 444 g/mol. The highest BCUT2D eigenvalue weighted by molar-refractivity contribution is 7.07. The molecular formula is C22H22ClFN4OS. The van der Waals surface area contributed by atoms with Gasteiger partial charge < -0.3 is 9.30 Å². The van der Waals surface area contributed by atoms with Crippen molar-refractivity contribution in [3.63, 3.8) is 0 Å². The van der Waals surface area contributed by atoms with Crippen LogP contribution < -0.4 is 10.1 Å². The van der Waals surface area contributed by atoms with Crippen molar-refractivity contribution in [3.05, 3.63) is 100 Å². The lowest BCUT2D eigenvalue weighted by atomic mass is 10.0. The summed E-state index contributed by atoms with van der Waals surface area (Å²) in [7, 11) is 1.91. The molecule has 0 amide bonds. The molecule has 1 unspecified atom stereocenters. The van der Waals surface area contributed by atoms with Gasteiger partial charge in [0.25, 0.3) is 0 Å². The average Bonchev–Trinajstić information content (AvgIpc) is 3.41. The van der Waals surface area contributed by atoms with Crippen molar-refractivity contribution in [1.82, 2.24) is 19.9 Å². The van der Waals surface area contributed by atoms with E-state index in [9.17, 15) is 4.39 Å². The van der Waals surface area contributed by atoms with Crippen LogP contribution in [0.5, 0.6) is 5.75 Å². The average molecular weight is 445 g/mol. The minimum Gasteiger partial charge on any atom is -0.487 e. The Hall–Kier alpha value is -2.74. The van der Waals surface area contributed by atoms with Gasteiger partial charge in [-0.05, 0) is 23.8 Å². The molecule has 4 rings (SSSR count). The lowest BCUT2D eigenvalue weighted by Gasteiger charge is -2.20. The molecule has 0 spiro atoms. The van der Waals surface area contributed by atoms with E-state index in [1.807, 2.05) is 53.5 Å². The van der Waals surface area contributed by atoms with Crippen molar-refractivity contribution in [2.24, 2.45) is 7.05 Å². The number of aromatic nitrogens is 3. The van der Waals surface area contributed by atoms with Crippen molar-refractivity contribution in [3.8, 4) is 5.75 Å². The van der Waals surface area contributed by atoms with E-state index >= 15 is 0 Å². The fraction of sp³-hybridized carbons (Fsp3) is 0.182. The predicted octanol–water partition coefficient (Wildman–Crippen LogP) is 4.90. The predicted molar refractivity (Wildman–Crippen MR) is 118 cm³/mol. The minimum atomic E-state index is -0.350. The van der Waals surface area contributed by atoms with E-state index in [0.717, 1.165) is 22.8 Å². The maximum Gasteiger partial charge on any atom is 0.131 e. The largest absolute Gasteiger partial charge is 0.487 e. The van der Waals surface area contributed by atoms with Crippen molar-refractivity contribution >= 4 is 23.7 Å². The molecule has 5 nitrogen and oxygen atoms in total. The number of nitrogens with zero attached hydrogens (tertiary/aromatic N) is 3. The van der Waals surface area contributed by atoms with Crippen LogP contribution in [0.25, 0.3) is 0 Å². The zero-order valence-electron chi connectivity index (χ0n) is 16.4. The molecule has 8 heteroatoms. The Kier molecular flexibility index (Phi) is 7.57. The Labute approximate surface area is 185 Å². The summed E-state index contributed by atoms with van der Waals surface area (Å²) in [6.07, 6.45) is 3.58. The molecule has 2 aromatic carbocycles. The minimum absolute atomic E-state index is 0. The summed E-state index contributed by atoms with van der Waals surface area (Å²) in [5, 5.41) is 5.41. The summed E-state index contributed by atoms with van der Waals surface area (Å²) in [6, 6.07) is 14.3. The summed E-state index contributed by atoms with van der Waals surface area (Å²) < 4.78 is 22.1. The van der Waals surface area contributed by atoms with Gasteiger partial charge in [0, 0.05) is 36.9 Å². The van der Waals surface area contributed by atoms with E-state index in [2.05, 4.69) is 15.3 Å². The van der Waals surface area contributed by atoms with Crippen molar-refractivity contribution in [2.45, 2.75) is 19.2 Å². The van der Waals surface area contributed by atoms with Gasteiger partial charge in [-0.3, -0.25) is 5.32 Å². The van der Waals surface area contributed by atoms with Crippen molar-refractivity contribution < 1.29 is 9.13 Å². The van der Waals surface area contributed by atoms with Crippen LogP contribution in [-0.4, -0.2) is 14.5 Å². The van der Waals surface area contributed by atoms with Crippen LogP contribution in [0.1, 0.15) is 28.7 Å². The highest BCUT2D eigenvalue weighted by atomic mass is 35.5. The Morgan fingerprint density at radius 3 is 2.60 bits per heavy atom. The SMILES string of the molecule is Cl.Cn1ccnc1C(NCc1ccc(OCc2cscn2)cc1)c1ccccc1F. The highest BCUT2D eigenvalue weighted by Crippen LogP contribution is 2.24. The van der Waals surface area contributed by atoms with Gasteiger partial charge in [0.15, 0.2) is 0 Å². The first-order valence-electron chi connectivity index (χ1n) is 9.24. The van der Waals surface area contributed by atoms with Gasteiger partial charge in [0.05, 0.1) is 17.2 Å². The first kappa shape index (κ1) is 22.0. The zero-order chi connectivity index (χ0) is 20.1. The molecule has 0 aliphatic heterocycles. The molecule has 156 valence electrons. The van der Waals surface area contributed by atoms with Crippen molar-refractivity contribution in [1.29, 1.82) is 0 Å². The topological polar surface area (TPSA) is 52.0 Å². The highest BCUT2D eigenvalue weighted by Gasteiger charge is 2.20. The number of halogens is 2. The van der Waals surface area contributed by atoms with Gasteiger partial charge in [0.2, 0.25) is 0 Å². The Morgan fingerprint density at radius 1 is 1.13 bits per heavy atom. The quantitative estimate of drug-likeness (QED) is 0.420. The molecule has 0 fully saturated rings. The first-order valence-corrected chi connectivity index (χ1v) is 10.2. The molecule has 1 N–H and O–H groups in total. The van der Waals surface area contributed by atoms with Crippen molar-refractivity contribution in [2.75, 3.05) is 0 Å². The van der Waals surface area contributed by atoms with Crippen LogP contribution in [0.15, 0.2) is 71.8 Å². The van der Waals surface area contributed by atoms with Gasteiger partial charge in [-0.15, -0.1) is 23.7 Å². The number of hydrogen-bond acceptors (Lipinski definition) is 5. The van der Waals surface area contributed by atoms with Gasteiger partial charge in [-0.25, -0.2) is 14.4 Å². The number of hydrogen-bond donors (Lipinski definition) is 1. The Morgan fingerprint density at radius 2 is 1.93 bits per heavy atom. The van der Waals surface area contributed by atoms with Crippen LogP contribution in [0.4, 0.5) is 4.39 Å². The van der Waals surface area contributed by atoms with E-state index in [-0.39, 0.29) is 24.3 Å². The molecule has 2 aromatic heterocycles. The molecule has 0 saturated carbocycles. The molecule has 2 heterocycles. The maximum atomic E-state index is 14.4. The van der Waals surface area contributed by atoms with Gasteiger partial charge in [-0.1, -0.05) is 30.3 Å². The number of aryl methyl sites for hydroxylation is 1. The third kappa shape index (κ3) is 5.24. The fourth-order valence-electron chi connectivity index (χ4n) is 3.09. The second kappa shape index (κ2) is 10.3. The lowest BCUT2D eigenvalue weighted by Crippen LogP contribution is -2.25. The van der Waals surface area contributed by atoms with Crippen LogP contribution >= 0.6 is 23.7 Å². The fourth-order valence-corrected chi connectivity index (χ4v) is 3.64. The van der Waals surface area contributed by atoms with Gasteiger partial charge >= 0.3 is 0 Å². The van der Waals surface area contributed by atoms with E-state index in [1.54, 1.807) is 35.2 Å². The van der Waals surface area contributed by atoms with E-state index in [4.69, 9.17) is 4.74 Å².